The first-order chi connectivity index (χ1) is 29.8. The van der Waals surface area contributed by atoms with Crippen LogP contribution in [0.1, 0.15) is 16.7 Å². The lowest BCUT2D eigenvalue weighted by atomic mass is 10.0. The molecule has 0 heterocycles. The van der Waals surface area contributed by atoms with Gasteiger partial charge in [-0.1, -0.05) is 66.2 Å². The molecule has 62 heavy (non-hydrogen) atoms. The molecule has 8 nitrogen and oxygen atoms in total. The van der Waals surface area contributed by atoms with Gasteiger partial charge in [-0.3, -0.25) is 0 Å². The molecule has 0 spiro atoms. The summed E-state index contributed by atoms with van der Waals surface area (Å²) in [5.41, 5.74) is 6.73. The van der Waals surface area contributed by atoms with E-state index in [1.807, 2.05) is 86.6 Å². The van der Waals surface area contributed by atoms with Crippen LogP contribution in [0.4, 0.5) is 0 Å². The van der Waals surface area contributed by atoms with Crippen molar-refractivity contribution in [3.63, 3.8) is 0 Å². The van der Waals surface area contributed by atoms with E-state index in [1.54, 1.807) is 79.9 Å². The fourth-order valence-electron chi connectivity index (χ4n) is 6.86. The van der Waals surface area contributed by atoms with E-state index in [1.165, 1.54) is 17.7 Å². The summed E-state index contributed by atoms with van der Waals surface area (Å²) in [6.45, 7) is 5.68. The first-order valence-electron chi connectivity index (χ1n) is 19.7. The Morgan fingerprint density at radius 2 is 0.613 bits per heavy atom. The summed E-state index contributed by atoms with van der Waals surface area (Å²) in [6, 6.07) is 53.6. The van der Waals surface area contributed by atoms with Crippen LogP contribution in [0.3, 0.4) is 0 Å². The van der Waals surface area contributed by atoms with E-state index < -0.39 is 19.7 Å². The molecule has 0 aromatic heterocycles. The molecule has 0 aliphatic rings. The van der Waals surface area contributed by atoms with Crippen molar-refractivity contribution in [2.45, 2.75) is 40.4 Å². The third-order valence-electron chi connectivity index (χ3n) is 10.4. The Hall–Kier alpha value is -7.14. The third-order valence-corrected chi connectivity index (χ3v) is 13.9. The molecule has 8 rings (SSSR count). The van der Waals surface area contributed by atoms with Crippen molar-refractivity contribution in [3.8, 4) is 62.5 Å². The van der Waals surface area contributed by atoms with Crippen molar-refractivity contribution >= 4 is 19.7 Å². The molecular weight excluding hydrogens is 817 g/mol. The highest BCUT2D eigenvalue weighted by atomic mass is 32.2. The number of aryl methyl sites for hydroxylation is 3. The molecule has 0 radical (unpaired) electrons. The zero-order valence-corrected chi connectivity index (χ0v) is 36.0. The van der Waals surface area contributed by atoms with Crippen LogP contribution in [0.25, 0.3) is 22.3 Å². The summed E-state index contributed by atoms with van der Waals surface area (Å²) in [5, 5.41) is 0. The van der Waals surface area contributed by atoms with Crippen molar-refractivity contribution in [2.75, 3.05) is 7.11 Å². The Morgan fingerprint density at radius 3 is 0.968 bits per heavy atom. The highest BCUT2D eigenvalue weighted by Gasteiger charge is 2.21. The predicted molar refractivity (Wildman–Crippen MR) is 241 cm³/mol. The fourth-order valence-corrected chi connectivity index (χ4v) is 9.55. The lowest BCUT2D eigenvalue weighted by molar-refractivity contribution is 0.411. The first-order valence-corrected chi connectivity index (χ1v) is 22.7. The number of methoxy groups -OCH3 is 1. The first kappa shape index (κ1) is 41.6. The molecule has 10 heteroatoms. The normalized spacial score (nSPS) is 11.5. The van der Waals surface area contributed by atoms with Gasteiger partial charge in [0.15, 0.2) is 0 Å². The minimum atomic E-state index is -3.78. The molecule has 8 aromatic rings. The van der Waals surface area contributed by atoms with E-state index in [2.05, 4.69) is 31.2 Å². The van der Waals surface area contributed by atoms with Gasteiger partial charge in [0.25, 0.3) is 0 Å². The summed E-state index contributed by atoms with van der Waals surface area (Å²) in [5.74, 6) is 4.04. The largest absolute Gasteiger partial charge is 0.496 e. The molecule has 0 bridgehead atoms. The molecule has 0 saturated carbocycles. The van der Waals surface area contributed by atoms with Gasteiger partial charge in [0.05, 0.1) is 26.7 Å². The van der Waals surface area contributed by atoms with Crippen LogP contribution in [0.15, 0.2) is 202 Å². The highest BCUT2D eigenvalue weighted by molar-refractivity contribution is 7.91. The van der Waals surface area contributed by atoms with Crippen LogP contribution < -0.4 is 18.9 Å². The maximum atomic E-state index is 13.5. The minimum absolute atomic E-state index is 0.146. The molecule has 0 atom stereocenters. The fraction of sp³-hybridized carbons (Fsp3) is 0.0769. The molecule has 310 valence electrons. The standard InChI is InChI=1S/C52H42O8S2/c1-35-5-7-38(8-6-35)39-9-15-42(16-10-39)58-44-21-25-47(26-22-44)61(53,54)48-27-23-45(24-28-48)59-43-17-11-40(12-18-43)41-13-19-46(20-14-41)60-52-32-30-50(34-37(52)3)62(55,56)49-29-31-51(57-4)36(2)33-49/h5-34H,1-4H3. The summed E-state index contributed by atoms with van der Waals surface area (Å²) in [6.07, 6.45) is 0. The molecule has 0 N–H and O–H groups in total. The Kier molecular flexibility index (Phi) is 11.7. The van der Waals surface area contributed by atoms with Crippen molar-refractivity contribution in [1.29, 1.82) is 0 Å². The second-order valence-corrected chi connectivity index (χ2v) is 18.7. The van der Waals surface area contributed by atoms with E-state index in [0.717, 1.165) is 27.8 Å². The van der Waals surface area contributed by atoms with Gasteiger partial charge in [0.1, 0.15) is 40.2 Å². The third kappa shape index (κ3) is 9.12. The lowest BCUT2D eigenvalue weighted by Gasteiger charge is -2.13. The van der Waals surface area contributed by atoms with Gasteiger partial charge in [-0.05, 0) is 175 Å². The quantitative estimate of drug-likeness (QED) is 0.113. The zero-order chi connectivity index (χ0) is 43.4. The predicted octanol–water partition coefficient (Wildman–Crippen LogP) is 13.0. The van der Waals surface area contributed by atoms with E-state index in [9.17, 15) is 16.8 Å². The minimum Gasteiger partial charge on any atom is -0.496 e. The maximum absolute atomic E-state index is 13.5. The molecular formula is C52H42O8S2. The van der Waals surface area contributed by atoms with Crippen LogP contribution in [-0.2, 0) is 19.7 Å². The van der Waals surface area contributed by atoms with Crippen LogP contribution in [0.5, 0.6) is 40.2 Å². The Labute approximate surface area is 362 Å². The maximum Gasteiger partial charge on any atom is 0.206 e. The number of hydrogen-bond donors (Lipinski definition) is 0. The van der Waals surface area contributed by atoms with Gasteiger partial charge in [0, 0.05) is 0 Å². The summed E-state index contributed by atoms with van der Waals surface area (Å²) >= 11 is 0. The number of sulfone groups is 2. The molecule has 0 unspecified atom stereocenters. The van der Waals surface area contributed by atoms with Crippen molar-refractivity contribution in [1.82, 2.24) is 0 Å². The molecule has 0 fully saturated rings. The molecule has 0 aliphatic heterocycles. The van der Waals surface area contributed by atoms with Crippen molar-refractivity contribution < 1.29 is 35.8 Å². The van der Waals surface area contributed by atoms with E-state index in [4.69, 9.17) is 18.9 Å². The highest BCUT2D eigenvalue weighted by Crippen LogP contribution is 2.34. The Balaban J connectivity index is 0.856. The van der Waals surface area contributed by atoms with Gasteiger partial charge in [-0.15, -0.1) is 0 Å². The average molecular weight is 859 g/mol. The van der Waals surface area contributed by atoms with Crippen LogP contribution in [0.2, 0.25) is 0 Å². The lowest BCUT2D eigenvalue weighted by Crippen LogP contribution is -2.03. The number of rotatable bonds is 13. The van der Waals surface area contributed by atoms with Gasteiger partial charge in [-0.25, -0.2) is 16.8 Å². The second kappa shape index (κ2) is 17.5. The van der Waals surface area contributed by atoms with Gasteiger partial charge in [-0.2, -0.15) is 0 Å². The molecule has 8 aromatic carbocycles. The van der Waals surface area contributed by atoms with E-state index in [-0.39, 0.29) is 19.6 Å². The van der Waals surface area contributed by atoms with E-state index >= 15 is 0 Å². The Morgan fingerprint density at radius 1 is 0.323 bits per heavy atom. The monoisotopic (exact) mass is 858 g/mol. The summed E-state index contributed by atoms with van der Waals surface area (Å²) < 4.78 is 77.1. The number of benzene rings is 8. The van der Waals surface area contributed by atoms with Gasteiger partial charge < -0.3 is 18.9 Å². The molecule has 0 amide bonds. The van der Waals surface area contributed by atoms with Crippen molar-refractivity contribution in [2.24, 2.45) is 0 Å². The number of hydrogen-bond acceptors (Lipinski definition) is 8. The smallest absolute Gasteiger partial charge is 0.206 e. The number of ether oxygens (including phenoxy) is 4. The SMILES string of the molecule is COc1ccc(S(=O)(=O)c2ccc(Oc3ccc(-c4ccc(Oc5ccc(S(=O)(=O)c6ccc(Oc7ccc(-c8ccc(C)cc8)cc7)cc6)cc5)cc4)cc3)c(C)c2)cc1C. The van der Waals surface area contributed by atoms with E-state index in [0.29, 0.717) is 45.8 Å². The topological polar surface area (TPSA) is 105 Å². The average Bonchev–Trinajstić information content (AvgIpc) is 3.28. The molecule has 0 saturated heterocycles. The van der Waals surface area contributed by atoms with Crippen LogP contribution >= 0.6 is 0 Å². The zero-order valence-electron chi connectivity index (χ0n) is 34.4. The Bertz CT molecular complexity index is 3070. The second-order valence-electron chi connectivity index (χ2n) is 14.8. The molecule has 0 aliphatic carbocycles. The summed E-state index contributed by atoms with van der Waals surface area (Å²) in [7, 11) is -5.96. The van der Waals surface area contributed by atoms with Crippen LogP contribution in [0, 0.1) is 20.8 Å². The van der Waals surface area contributed by atoms with Gasteiger partial charge in [0.2, 0.25) is 19.7 Å². The van der Waals surface area contributed by atoms with Gasteiger partial charge >= 0.3 is 0 Å². The van der Waals surface area contributed by atoms with Crippen LogP contribution in [-0.4, -0.2) is 23.9 Å². The van der Waals surface area contributed by atoms with Crippen molar-refractivity contribution in [3.05, 3.63) is 199 Å². The summed E-state index contributed by atoms with van der Waals surface area (Å²) in [4.78, 5) is 0.680.